The predicted molar refractivity (Wildman–Crippen MR) is 101 cm³/mol. The first-order valence-electron chi connectivity index (χ1n) is 8.10. The Morgan fingerprint density at radius 1 is 0.923 bits per heavy atom. The second-order valence-electron chi connectivity index (χ2n) is 5.61. The number of para-hydroxylation sites is 1. The SMILES string of the molecule is O=C(Nc1ccccc1C(=O)NCCc1ccc(Cl)cc1)c1ccco1. The molecule has 0 fully saturated rings. The molecule has 2 amide bonds. The summed E-state index contributed by atoms with van der Waals surface area (Å²) in [6.07, 6.45) is 2.11. The average molecular weight is 369 g/mol. The monoisotopic (exact) mass is 368 g/mol. The van der Waals surface area contributed by atoms with Gasteiger partial charge < -0.3 is 15.1 Å². The molecule has 0 bridgehead atoms. The van der Waals surface area contributed by atoms with Crippen molar-refractivity contribution in [3.63, 3.8) is 0 Å². The summed E-state index contributed by atoms with van der Waals surface area (Å²) in [4.78, 5) is 24.6. The number of benzene rings is 2. The summed E-state index contributed by atoms with van der Waals surface area (Å²) in [6, 6.07) is 17.5. The second-order valence-corrected chi connectivity index (χ2v) is 6.05. The lowest BCUT2D eigenvalue weighted by atomic mass is 10.1. The van der Waals surface area contributed by atoms with Crippen molar-refractivity contribution < 1.29 is 14.0 Å². The van der Waals surface area contributed by atoms with Crippen LogP contribution in [0.2, 0.25) is 5.02 Å². The van der Waals surface area contributed by atoms with Crippen LogP contribution in [0, 0.1) is 0 Å². The summed E-state index contributed by atoms with van der Waals surface area (Å²) in [5, 5.41) is 6.24. The van der Waals surface area contributed by atoms with Crippen LogP contribution >= 0.6 is 11.6 Å². The van der Waals surface area contributed by atoms with Crippen LogP contribution in [0.4, 0.5) is 5.69 Å². The molecule has 0 aliphatic rings. The fourth-order valence-corrected chi connectivity index (χ4v) is 2.57. The molecule has 0 aliphatic carbocycles. The van der Waals surface area contributed by atoms with Gasteiger partial charge in [0, 0.05) is 11.6 Å². The first-order chi connectivity index (χ1) is 12.6. The molecule has 2 aromatic carbocycles. The minimum absolute atomic E-state index is 0.183. The van der Waals surface area contributed by atoms with Crippen LogP contribution in [0.1, 0.15) is 26.5 Å². The summed E-state index contributed by atoms with van der Waals surface area (Å²) < 4.78 is 5.07. The number of halogens is 1. The molecular formula is C20H17ClN2O3. The van der Waals surface area contributed by atoms with Crippen LogP contribution < -0.4 is 10.6 Å². The fourth-order valence-electron chi connectivity index (χ4n) is 2.45. The molecular weight excluding hydrogens is 352 g/mol. The van der Waals surface area contributed by atoms with Crippen molar-refractivity contribution in [1.29, 1.82) is 0 Å². The maximum Gasteiger partial charge on any atom is 0.291 e. The lowest BCUT2D eigenvalue weighted by Gasteiger charge is -2.11. The highest BCUT2D eigenvalue weighted by atomic mass is 35.5. The van der Waals surface area contributed by atoms with Gasteiger partial charge in [-0.15, -0.1) is 0 Å². The third-order valence-corrected chi connectivity index (χ3v) is 4.03. The maximum atomic E-state index is 12.5. The van der Waals surface area contributed by atoms with Gasteiger partial charge in [-0.1, -0.05) is 35.9 Å². The molecule has 0 spiro atoms. The second kappa shape index (κ2) is 8.36. The first-order valence-corrected chi connectivity index (χ1v) is 8.48. The Hall–Kier alpha value is -3.05. The zero-order chi connectivity index (χ0) is 18.4. The Kier molecular flexibility index (Phi) is 5.71. The largest absolute Gasteiger partial charge is 0.459 e. The molecule has 132 valence electrons. The molecule has 3 aromatic rings. The van der Waals surface area contributed by atoms with Crippen molar-refractivity contribution in [2.24, 2.45) is 0 Å². The molecule has 1 aromatic heterocycles. The van der Waals surface area contributed by atoms with Crippen molar-refractivity contribution >= 4 is 29.1 Å². The Morgan fingerprint density at radius 2 is 1.69 bits per heavy atom. The summed E-state index contributed by atoms with van der Waals surface area (Å²) in [7, 11) is 0. The van der Waals surface area contributed by atoms with Crippen LogP contribution in [-0.4, -0.2) is 18.4 Å². The van der Waals surface area contributed by atoms with Gasteiger partial charge in [0.2, 0.25) is 0 Å². The minimum atomic E-state index is -0.406. The first kappa shape index (κ1) is 17.8. The Labute approximate surface area is 156 Å². The van der Waals surface area contributed by atoms with Gasteiger partial charge in [-0.2, -0.15) is 0 Å². The van der Waals surface area contributed by atoms with Crippen molar-refractivity contribution in [2.45, 2.75) is 6.42 Å². The average Bonchev–Trinajstić information content (AvgIpc) is 3.18. The van der Waals surface area contributed by atoms with E-state index in [1.807, 2.05) is 24.3 Å². The number of amides is 2. The molecule has 26 heavy (non-hydrogen) atoms. The van der Waals surface area contributed by atoms with Crippen LogP contribution in [0.5, 0.6) is 0 Å². The van der Waals surface area contributed by atoms with Crippen LogP contribution in [0.3, 0.4) is 0 Å². The molecule has 1 heterocycles. The van der Waals surface area contributed by atoms with Crippen molar-refractivity contribution in [3.8, 4) is 0 Å². The summed E-state index contributed by atoms with van der Waals surface area (Å²) in [6.45, 7) is 0.473. The van der Waals surface area contributed by atoms with E-state index in [0.717, 1.165) is 5.56 Å². The third kappa shape index (κ3) is 4.52. The summed E-state index contributed by atoms with van der Waals surface area (Å²) in [5.74, 6) is -0.478. The number of rotatable bonds is 6. The standard InChI is InChI=1S/C20H17ClN2O3/c21-15-9-7-14(8-10-15)11-12-22-19(24)16-4-1-2-5-17(16)23-20(25)18-6-3-13-26-18/h1-10,13H,11-12H2,(H,22,24)(H,23,25). The van der Waals surface area contributed by atoms with Gasteiger partial charge in [-0.3, -0.25) is 9.59 Å². The molecule has 2 N–H and O–H groups in total. The molecule has 0 aliphatic heterocycles. The molecule has 0 saturated carbocycles. The van der Waals surface area contributed by atoms with Crippen LogP contribution in [0.15, 0.2) is 71.3 Å². The molecule has 0 unspecified atom stereocenters. The number of carbonyl (C=O) groups is 2. The molecule has 0 saturated heterocycles. The Morgan fingerprint density at radius 3 is 2.42 bits per heavy atom. The van der Waals surface area contributed by atoms with Crippen molar-refractivity contribution in [3.05, 3.63) is 88.8 Å². The van der Waals surface area contributed by atoms with Gasteiger partial charge in [0.05, 0.1) is 17.5 Å². The van der Waals surface area contributed by atoms with Gasteiger partial charge in [-0.25, -0.2) is 0 Å². The van der Waals surface area contributed by atoms with E-state index in [0.29, 0.717) is 29.2 Å². The number of carbonyl (C=O) groups excluding carboxylic acids is 2. The van der Waals surface area contributed by atoms with E-state index in [2.05, 4.69) is 10.6 Å². The van der Waals surface area contributed by atoms with Crippen LogP contribution in [-0.2, 0) is 6.42 Å². The van der Waals surface area contributed by atoms with Gasteiger partial charge in [-0.05, 0) is 48.4 Å². The van der Waals surface area contributed by atoms with Gasteiger partial charge >= 0.3 is 0 Å². The molecule has 5 nitrogen and oxygen atoms in total. The quantitative estimate of drug-likeness (QED) is 0.686. The van der Waals surface area contributed by atoms with Crippen molar-refractivity contribution in [2.75, 3.05) is 11.9 Å². The maximum absolute atomic E-state index is 12.5. The fraction of sp³-hybridized carbons (Fsp3) is 0.100. The van der Waals surface area contributed by atoms with E-state index in [4.69, 9.17) is 16.0 Å². The molecule has 0 radical (unpaired) electrons. The highest BCUT2D eigenvalue weighted by Crippen LogP contribution is 2.16. The highest BCUT2D eigenvalue weighted by molar-refractivity contribution is 6.30. The van der Waals surface area contributed by atoms with Gasteiger partial charge in [0.15, 0.2) is 5.76 Å². The summed E-state index contributed by atoms with van der Waals surface area (Å²) in [5.41, 5.74) is 1.90. The van der Waals surface area contributed by atoms with Crippen LogP contribution in [0.25, 0.3) is 0 Å². The topological polar surface area (TPSA) is 71.3 Å². The third-order valence-electron chi connectivity index (χ3n) is 3.78. The number of furan rings is 1. The number of nitrogens with one attached hydrogen (secondary N) is 2. The number of hydrogen-bond donors (Lipinski definition) is 2. The molecule has 6 heteroatoms. The van der Waals surface area contributed by atoms with E-state index in [9.17, 15) is 9.59 Å². The van der Waals surface area contributed by atoms with E-state index in [1.165, 1.54) is 6.26 Å². The minimum Gasteiger partial charge on any atom is -0.459 e. The Bertz CT molecular complexity index is 890. The molecule has 3 rings (SSSR count). The smallest absolute Gasteiger partial charge is 0.291 e. The van der Waals surface area contributed by atoms with E-state index in [1.54, 1.807) is 36.4 Å². The number of hydrogen-bond acceptors (Lipinski definition) is 3. The van der Waals surface area contributed by atoms with E-state index < -0.39 is 5.91 Å². The van der Waals surface area contributed by atoms with Gasteiger partial charge in [0.25, 0.3) is 11.8 Å². The predicted octanol–water partition coefficient (Wildman–Crippen LogP) is 4.16. The van der Waals surface area contributed by atoms with Crippen molar-refractivity contribution in [1.82, 2.24) is 5.32 Å². The zero-order valence-corrected chi connectivity index (χ0v) is 14.6. The normalized spacial score (nSPS) is 10.3. The molecule has 0 atom stereocenters. The Balaban J connectivity index is 1.62. The lowest BCUT2D eigenvalue weighted by Crippen LogP contribution is -2.27. The zero-order valence-electron chi connectivity index (χ0n) is 13.9. The highest BCUT2D eigenvalue weighted by Gasteiger charge is 2.15. The van der Waals surface area contributed by atoms with E-state index >= 15 is 0 Å². The van der Waals surface area contributed by atoms with Gasteiger partial charge in [0.1, 0.15) is 0 Å². The van der Waals surface area contributed by atoms with E-state index in [-0.39, 0.29) is 11.7 Å². The summed E-state index contributed by atoms with van der Waals surface area (Å²) >= 11 is 5.86. The lowest BCUT2D eigenvalue weighted by molar-refractivity contribution is 0.0955. The number of anilines is 1.